The van der Waals surface area contributed by atoms with Crippen LogP contribution in [-0.4, -0.2) is 35.3 Å². The van der Waals surface area contributed by atoms with Crippen molar-refractivity contribution in [1.29, 1.82) is 0 Å². The van der Waals surface area contributed by atoms with Crippen molar-refractivity contribution in [2.75, 3.05) is 13.1 Å². The first-order chi connectivity index (χ1) is 13.4. The molecule has 2 heterocycles. The van der Waals surface area contributed by atoms with Crippen molar-refractivity contribution < 1.29 is 14.6 Å². The number of esters is 1. The monoisotopic (exact) mass is 384 g/mol. The summed E-state index contributed by atoms with van der Waals surface area (Å²) in [7, 11) is 0. The first kappa shape index (κ1) is 19.6. The summed E-state index contributed by atoms with van der Waals surface area (Å²) in [4.78, 5) is 16.8. The Morgan fingerprint density at radius 2 is 2.25 bits per heavy atom. The van der Waals surface area contributed by atoms with Crippen molar-refractivity contribution in [2.45, 2.75) is 58.7 Å². The van der Waals surface area contributed by atoms with Gasteiger partial charge in [0.05, 0.1) is 12.0 Å². The maximum atomic E-state index is 12.6. The highest BCUT2D eigenvalue weighted by Gasteiger charge is 2.51. The van der Waals surface area contributed by atoms with Crippen LogP contribution >= 0.6 is 0 Å². The first-order valence-electron chi connectivity index (χ1n) is 10.6. The van der Waals surface area contributed by atoms with E-state index in [1.165, 1.54) is 24.8 Å². The molecule has 0 amide bonds. The zero-order chi connectivity index (χ0) is 19.9. The highest BCUT2D eigenvalue weighted by molar-refractivity contribution is 5.76. The third kappa shape index (κ3) is 3.62. The zero-order valence-electron chi connectivity index (χ0n) is 17.1. The number of aryl methyl sites for hydroxylation is 1. The minimum atomic E-state index is -0.632. The molecule has 6 atom stereocenters. The summed E-state index contributed by atoms with van der Waals surface area (Å²) in [5.74, 6) is 0.488. The van der Waals surface area contributed by atoms with Crippen molar-refractivity contribution in [1.82, 2.24) is 10.3 Å². The standard InChI is InChI=1S/C23H32N2O3/c1-14-5-4-8-23(3)10-21-17(9-19(14)23)18(22(27)28-21)12-24-13-20(26)16-7-6-15(2)25-11-16/h6-7,9,11,14,17-18,20-21,24,26H,4-5,8,10,12-13H2,1-3H3. The van der Waals surface area contributed by atoms with E-state index in [4.69, 9.17) is 4.74 Å². The van der Waals surface area contributed by atoms with Crippen LogP contribution in [0, 0.1) is 30.1 Å². The molecule has 2 aliphatic carbocycles. The number of carbonyl (C=O) groups is 1. The lowest BCUT2D eigenvalue weighted by Crippen LogP contribution is -2.40. The number of fused-ring (bicyclic) bond motifs is 2. The number of carbonyl (C=O) groups excluding carboxylic acids is 1. The molecule has 5 nitrogen and oxygen atoms in total. The van der Waals surface area contributed by atoms with Gasteiger partial charge in [-0.3, -0.25) is 9.78 Å². The van der Waals surface area contributed by atoms with Crippen molar-refractivity contribution in [2.24, 2.45) is 23.2 Å². The molecule has 0 bridgehead atoms. The van der Waals surface area contributed by atoms with E-state index in [9.17, 15) is 9.90 Å². The Morgan fingerprint density at radius 1 is 1.43 bits per heavy atom. The summed E-state index contributed by atoms with van der Waals surface area (Å²) in [6.07, 6.45) is 8.10. The van der Waals surface area contributed by atoms with E-state index in [-0.39, 0.29) is 29.3 Å². The smallest absolute Gasteiger partial charge is 0.311 e. The number of ether oxygens (including phenoxy) is 1. The minimum absolute atomic E-state index is 0.00423. The molecule has 2 fully saturated rings. The van der Waals surface area contributed by atoms with Gasteiger partial charge in [0.2, 0.25) is 0 Å². The number of aliphatic hydroxyl groups excluding tert-OH is 1. The van der Waals surface area contributed by atoms with Crippen molar-refractivity contribution in [3.8, 4) is 0 Å². The van der Waals surface area contributed by atoms with Crippen molar-refractivity contribution >= 4 is 5.97 Å². The Labute approximate surface area is 167 Å². The molecule has 2 N–H and O–H groups in total. The third-order valence-electron chi connectivity index (χ3n) is 7.10. The van der Waals surface area contributed by atoms with Crippen molar-refractivity contribution in [3.05, 3.63) is 41.2 Å². The molecule has 1 aromatic rings. The number of aliphatic hydroxyl groups is 1. The Balaban J connectivity index is 1.41. The quantitative estimate of drug-likeness (QED) is 0.602. The van der Waals surface area contributed by atoms with Gasteiger partial charge in [0.25, 0.3) is 0 Å². The molecule has 1 aliphatic heterocycles. The van der Waals surface area contributed by atoms with E-state index in [0.29, 0.717) is 19.0 Å². The molecule has 3 aliphatic rings. The van der Waals surface area contributed by atoms with Crippen molar-refractivity contribution in [3.63, 3.8) is 0 Å². The highest BCUT2D eigenvalue weighted by atomic mass is 16.6. The highest BCUT2D eigenvalue weighted by Crippen LogP contribution is 2.53. The van der Waals surface area contributed by atoms with E-state index in [2.05, 4.69) is 30.2 Å². The third-order valence-corrected chi connectivity index (χ3v) is 7.10. The summed E-state index contributed by atoms with van der Waals surface area (Å²) in [6, 6.07) is 3.79. The second kappa shape index (κ2) is 7.60. The molecule has 5 heteroatoms. The van der Waals surface area contributed by atoms with Crippen LogP contribution in [0.2, 0.25) is 0 Å². The van der Waals surface area contributed by atoms with Gasteiger partial charge in [-0.2, -0.15) is 0 Å². The van der Waals surface area contributed by atoms with Crippen LogP contribution in [0.15, 0.2) is 30.0 Å². The van der Waals surface area contributed by atoms with Crippen LogP contribution in [0.1, 0.15) is 56.9 Å². The molecule has 152 valence electrons. The molecule has 0 aromatic carbocycles. The Hall–Kier alpha value is -1.72. The molecule has 0 radical (unpaired) electrons. The van der Waals surface area contributed by atoms with Crippen LogP contribution in [0.3, 0.4) is 0 Å². The van der Waals surface area contributed by atoms with Crippen LogP contribution in [-0.2, 0) is 9.53 Å². The zero-order valence-corrected chi connectivity index (χ0v) is 17.1. The molecule has 28 heavy (non-hydrogen) atoms. The van der Waals surface area contributed by atoms with Gasteiger partial charge in [0, 0.05) is 36.5 Å². The van der Waals surface area contributed by atoms with E-state index < -0.39 is 6.10 Å². The molecule has 1 saturated heterocycles. The Morgan fingerprint density at radius 3 is 3.00 bits per heavy atom. The molecule has 1 aromatic heterocycles. The second-order valence-corrected chi connectivity index (χ2v) is 9.25. The number of aromatic nitrogens is 1. The Kier molecular flexibility index (Phi) is 5.32. The lowest BCUT2D eigenvalue weighted by molar-refractivity contribution is -0.145. The summed E-state index contributed by atoms with van der Waals surface area (Å²) in [5.41, 5.74) is 3.44. The van der Waals surface area contributed by atoms with E-state index in [1.54, 1.807) is 6.20 Å². The topological polar surface area (TPSA) is 71.5 Å². The van der Waals surface area contributed by atoms with Gasteiger partial charge in [0.1, 0.15) is 6.10 Å². The summed E-state index contributed by atoms with van der Waals surface area (Å²) < 4.78 is 5.79. The average molecular weight is 385 g/mol. The van der Waals surface area contributed by atoms with Gasteiger partial charge < -0.3 is 15.2 Å². The second-order valence-electron chi connectivity index (χ2n) is 9.25. The van der Waals surface area contributed by atoms with Crippen LogP contribution in [0.25, 0.3) is 0 Å². The maximum absolute atomic E-state index is 12.6. The summed E-state index contributed by atoms with van der Waals surface area (Å²) in [6.45, 7) is 7.52. The van der Waals surface area contributed by atoms with Gasteiger partial charge in [-0.25, -0.2) is 0 Å². The SMILES string of the molecule is Cc1ccc(C(O)CNCC2C(=O)OC3CC4(C)CCCC(C)C4=CC32)cn1. The molecule has 0 spiro atoms. The van der Waals surface area contributed by atoms with E-state index in [1.807, 2.05) is 19.1 Å². The number of rotatable bonds is 5. The number of nitrogens with one attached hydrogen (secondary N) is 1. The average Bonchev–Trinajstić information content (AvgIpc) is 2.94. The van der Waals surface area contributed by atoms with Gasteiger partial charge in [-0.15, -0.1) is 0 Å². The predicted molar refractivity (Wildman–Crippen MR) is 107 cm³/mol. The lowest BCUT2D eigenvalue weighted by atomic mass is 9.59. The van der Waals surface area contributed by atoms with Crippen LogP contribution < -0.4 is 5.32 Å². The molecular weight excluding hydrogens is 352 g/mol. The molecule has 1 saturated carbocycles. The number of hydrogen-bond donors (Lipinski definition) is 2. The largest absolute Gasteiger partial charge is 0.461 e. The summed E-state index contributed by atoms with van der Waals surface area (Å²) >= 11 is 0. The fraction of sp³-hybridized carbons (Fsp3) is 0.652. The van der Waals surface area contributed by atoms with Gasteiger partial charge in [0.15, 0.2) is 0 Å². The molecule has 4 rings (SSSR count). The van der Waals surface area contributed by atoms with Gasteiger partial charge in [-0.1, -0.05) is 38.0 Å². The predicted octanol–water partition coefficient (Wildman–Crippen LogP) is 3.33. The van der Waals surface area contributed by atoms with Gasteiger partial charge >= 0.3 is 5.97 Å². The Bertz CT molecular complexity index is 760. The number of nitrogens with zero attached hydrogens (tertiary/aromatic N) is 1. The fourth-order valence-corrected chi connectivity index (χ4v) is 5.45. The van der Waals surface area contributed by atoms with E-state index >= 15 is 0 Å². The van der Waals surface area contributed by atoms with Crippen LogP contribution in [0.4, 0.5) is 0 Å². The molecular formula is C23H32N2O3. The fourth-order valence-electron chi connectivity index (χ4n) is 5.45. The van der Waals surface area contributed by atoms with E-state index in [0.717, 1.165) is 17.7 Å². The number of hydrogen-bond acceptors (Lipinski definition) is 5. The lowest BCUT2D eigenvalue weighted by Gasteiger charge is -2.46. The number of allylic oxidation sites excluding steroid dienone is 1. The number of pyridine rings is 1. The minimum Gasteiger partial charge on any atom is -0.461 e. The first-order valence-corrected chi connectivity index (χ1v) is 10.6. The normalized spacial score (nSPS) is 35.6. The van der Waals surface area contributed by atoms with Crippen LogP contribution in [0.5, 0.6) is 0 Å². The van der Waals surface area contributed by atoms with Gasteiger partial charge in [-0.05, 0) is 43.6 Å². The summed E-state index contributed by atoms with van der Waals surface area (Å²) in [5, 5.41) is 13.7. The maximum Gasteiger partial charge on any atom is 0.311 e. The molecule has 6 unspecified atom stereocenters.